The van der Waals surface area contributed by atoms with Gasteiger partial charge >= 0.3 is 0 Å². The number of aliphatic hydroxyl groups is 1. The van der Waals surface area contributed by atoms with E-state index < -0.39 is 11.9 Å². The molecule has 0 bridgehead atoms. The Balaban J connectivity index is 1.79. The molecular formula is C25H25NO4. The molecule has 0 fully saturated rings. The lowest BCUT2D eigenvalue weighted by molar-refractivity contribution is -0.130. The Labute approximate surface area is 176 Å². The maximum absolute atomic E-state index is 13.0. The maximum Gasteiger partial charge on any atom is 0.290 e. The molecule has 154 valence electrons. The van der Waals surface area contributed by atoms with Crippen LogP contribution in [0, 0.1) is 0 Å². The molecule has 0 radical (unpaired) electrons. The van der Waals surface area contributed by atoms with Crippen molar-refractivity contribution in [1.82, 2.24) is 4.90 Å². The predicted octanol–water partition coefficient (Wildman–Crippen LogP) is 5.46. The van der Waals surface area contributed by atoms with Gasteiger partial charge in [-0.3, -0.25) is 4.79 Å². The Kier molecular flexibility index (Phi) is 5.36. The van der Waals surface area contributed by atoms with Gasteiger partial charge in [-0.1, -0.05) is 50.2 Å². The van der Waals surface area contributed by atoms with Crippen LogP contribution in [0.4, 0.5) is 0 Å². The second-order valence-corrected chi connectivity index (χ2v) is 7.73. The van der Waals surface area contributed by atoms with E-state index >= 15 is 0 Å². The van der Waals surface area contributed by atoms with Crippen LogP contribution in [0.1, 0.15) is 48.3 Å². The van der Waals surface area contributed by atoms with Crippen LogP contribution in [0.25, 0.3) is 5.57 Å². The molecule has 30 heavy (non-hydrogen) atoms. The second kappa shape index (κ2) is 8.11. The topological polar surface area (TPSA) is 62.9 Å². The van der Waals surface area contributed by atoms with Crippen molar-refractivity contribution in [3.8, 4) is 5.75 Å². The van der Waals surface area contributed by atoms with Crippen molar-refractivity contribution in [1.29, 1.82) is 0 Å². The van der Waals surface area contributed by atoms with Crippen molar-refractivity contribution >= 4 is 11.5 Å². The summed E-state index contributed by atoms with van der Waals surface area (Å²) < 4.78 is 10.7. The lowest BCUT2D eigenvalue weighted by Gasteiger charge is -2.27. The molecule has 1 atom stereocenters. The Morgan fingerprint density at radius 3 is 2.33 bits per heavy atom. The molecule has 5 nitrogen and oxygen atoms in total. The highest BCUT2D eigenvalue weighted by molar-refractivity contribution is 6.05. The van der Waals surface area contributed by atoms with Gasteiger partial charge in [-0.25, -0.2) is 0 Å². The van der Waals surface area contributed by atoms with E-state index in [1.807, 2.05) is 42.5 Å². The van der Waals surface area contributed by atoms with Crippen LogP contribution >= 0.6 is 0 Å². The van der Waals surface area contributed by atoms with Gasteiger partial charge in [0.25, 0.3) is 5.91 Å². The first-order valence-electron chi connectivity index (χ1n) is 10.0. The number of nitrogens with zero attached hydrogens (tertiary/aromatic N) is 1. The fraction of sp³-hybridized carbons (Fsp3) is 0.240. The normalized spacial score (nSPS) is 16.6. The first-order valence-corrected chi connectivity index (χ1v) is 10.0. The number of hydrogen-bond acceptors (Lipinski definition) is 4. The van der Waals surface area contributed by atoms with Crippen molar-refractivity contribution in [3.63, 3.8) is 0 Å². The largest absolute Gasteiger partial charge is 0.503 e. The van der Waals surface area contributed by atoms with Gasteiger partial charge in [0.05, 0.1) is 26.0 Å². The van der Waals surface area contributed by atoms with E-state index in [9.17, 15) is 9.90 Å². The van der Waals surface area contributed by atoms with Gasteiger partial charge in [0.2, 0.25) is 0 Å². The number of aliphatic hydroxyl groups excluding tert-OH is 1. The van der Waals surface area contributed by atoms with Crippen molar-refractivity contribution in [2.24, 2.45) is 0 Å². The molecule has 1 aliphatic rings. The summed E-state index contributed by atoms with van der Waals surface area (Å²) in [5.41, 5.74) is 3.53. The lowest BCUT2D eigenvalue weighted by atomic mass is 9.91. The first-order chi connectivity index (χ1) is 14.5. The van der Waals surface area contributed by atoms with Gasteiger partial charge in [0.15, 0.2) is 5.76 Å². The van der Waals surface area contributed by atoms with Gasteiger partial charge in [-0.05, 0) is 46.9 Å². The molecule has 0 aliphatic carbocycles. The van der Waals surface area contributed by atoms with Gasteiger partial charge in [0.1, 0.15) is 11.5 Å². The van der Waals surface area contributed by atoms with Gasteiger partial charge < -0.3 is 19.2 Å². The molecule has 1 aliphatic heterocycles. The van der Waals surface area contributed by atoms with Crippen molar-refractivity contribution in [2.45, 2.75) is 32.4 Å². The summed E-state index contributed by atoms with van der Waals surface area (Å²) in [4.78, 5) is 14.7. The minimum absolute atomic E-state index is 0.232. The fourth-order valence-electron chi connectivity index (χ4n) is 3.86. The van der Waals surface area contributed by atoms with Crippen molar-refractivity contribution in [2.75, 3.05) is 7.11 Å². The number of methoxy groups -OCH3 is 1. The molecule has 1 amide bonds. The molecule has 5 heteroatoms. The summed E-state index contributed by atoms with van der Waals surface area (Å²) in [6, 6.07) is 18.8. The number of rotatable bonds is 6. The standard InChI is InChI=1S/C25H25NO4/c1-16(2)17-6-8-19(9-7-17)23-22(18-10-12-20(29-3)13-11-18)24(27)25(28)26(23)15-21-5-4-14-30-21/h4-14,16,23,27H,15H2,1-3H3. The molecule has 0 saturated heterocycles. The smallest absolute Gasteiger partial charge is 0.290 e. The fourth-order valence-corrected chi connectivity index (χ4v) is 3.86. The zero-order valence-electron chi connectivity index (χ0n) is 17.3. The Hall–Kier alpha value is -3.47. The van der Waals surface area contributed by atoms with Crippen LogP contribution in [0.5, 0.6) is 5.75 Å². The van der Waals surface area contributed by atoms with Crippen LogP contribution in [0.3, 0.4) is 0 Å². The molecule has 1 unspecified atom stereocenters. The van der Waals surface area contributed by atoms with Gasteiger partial charge in [0, 0.05) is 5.57 Å². The summed E-state index contributed by atoms with van der Waals surface area (Å²) in [6.07, 6.45) is 1.58. The summed E-state index contributed by atoms with van der Waals surface area (Å²) >= 11 is 0. The number of carbonyl (C=O) groups is 1. The van der Waals surface area contributed by atoms with E-state index in [-0.39, 0.29) is 12.3 Å². The molecule has 2 aromatic carbocycles. The SMILES string of the molecule is COc1ccc(C2=C(O)C(=O)N(Cc3ccco3)C2c2ccc(C(C)C)cc2)cc1. The zero-order valence-corrected chi connectivity index (χ0v) is 17.3. The third kappa shape index (κ3) is 3.59. The van der Waals surface area contributed by atoms with Crippen LogP contribution in [-0.2, 0) is 11.3 Å². The minimum atomic E-state index is -0.419. The third-order valence-electron chi connectivity index (χ3n) is 5.53. The number of amides is 1. The van der Waals surface area contributed by atoms with Crippen molar-refractivity contribution in [3.05, 3.63) is 95.1 Å². The van der Waals surface area contributed by atoms with Gasteiger partial charge in [-0.15, -0.1) is 0 Å². The number of carbonyl (C=O) groups excluding carboxylic acids is 1. The highest BCUT2D eigenvalue weighted by Gasteiger charge is 2.41. The summed E-state index contributed by atoms with van der Waals surface area (Å²) in [5, 5.41) is 10.8. The quantitative estimate of drug-likeness (QED) is 0.593. The van der Waals surface area contributed by atoms with Crippen LogP contribution < -0.4 is 4.74 Å². The first kappa shape index (κ1) is 19.8. The monoisotopic (exact) mass is 403 g/mol. The number of hydrogen-bond donors (Lipinski definition) is 1. The average Bonchev–Trinajstić information content (AvgIpc) is 3.36. The zero-order chi connectivity index (χ0) is 21.3. The van der Waals surface area contributed by atoms with Crippen molar-refractivity contribution < 1.29 is 19.1 Å². The molecular weight excluding hydrogens is 378 g/mol. The Morgan fingerprint density at radius 2 is 1.77 bits per heavy atom. The number of ether oxygens (including phenoxy) is 1. The average molecular weight is 403 g/mol. The minimum Gasteiger partial charge on any atom is -0.503 e. The number of furan rings is 1. The van der Waals surface area contributed by atoms with Crippen LogP contribution in [-0.4, -0.2) is 23.0 Å². The highest BCUT2D eigenvalue weighted by Crippen LogP contribution is 2.44. The Bertz CT molecular complexity index is 1050. The highest BCUT2D eigenvalue weighted by atomic mass is 16.5. The summed E-state index contributed by atoms with van der Waals surface area (Å²) in [6.45, 7) is 4.56. The van der Waals surface area contributed by atoms with E-state index in [1.54, 1.807) is 24.3 Å². The molecule has 3 aromatic rings. The third-order valence-corrected chi connectivity index (χ3v) is 5.53. The van der Waals surface area contributed by atoms with E-state index in [4.69, 9.17) is 9.15 Å². The lowest BCUT2D eigenvalue weighted by Crippen LogP contribution is -2.29. The van der Waals surface area contributed by atoms with Gasteiger partial charge in [-0.2, -0.15) is 0 Å². The molecule has 0 spiro atoms. The molecule has 1 N–H and O–H groups in total. The summed E-state index contributed by atoms with van der Waals surface area (Å²) in [7, 11) is 1.61. The molecule has 0 saturated carbocycles. The van der Waals surface area contributed by atoms with E-state index in [2.05, 4.69) is 26.0 Å². The van der Waals surface area contributed by atoms with E-state index in [1.165, 1.54) is 5.56 Å². The van der Waals surface area contributed by atoms with E-state index in [0.29, 0.717) is 23.0 Å². The van der Waals surface area contributed by atoms with Crippen LogP contribution in [0.15, 0.2) is 77.1 Å². The Morgan fingerprint density at radius 1 is 1.07 bits per heavy atom. The molecule has 1 aromatic heterocycles. The maximum atomic E-state index is 13.0. The molecule has 2 heterocycles. The van der Waals surface area contributed by atoms with Crippen LogP contribution in [0.2, 0.25) is 0 Å². The number of benzene rings is 2. The van der Waals surface area contributed by atoms with E-state index in [0.717, 1.165) is 11.1 Å². The predicted molar refractivity (Wildman–Crippen MR) is 115 cm³/mol. The summed E-state index contributed by atoms with van der Waals surface area (Å²) in [5.74, 6) is 1.15. The molecule has 4 rings (SSSR count). The second-order valence-electron chi connectivity index (χ2n) is 7.73.